The molecule has 0 radical (unpaired) electrons. The number of rotatable bonds is 14. The number of dihydropyridines is 1. The number of nitro benzene ring substituents is 1. The molecular formula is C39H46N4O6. The smallest absolute Gasteiger partial charge is 0.338 e. The van der Waals surface area contributed by atoms with Crippen molar-refractivity contribution < 1.29 is 24.0 Å². The van der Waals surface area contributed by atoms with Gasteiger partial charge >= 0.3 is 11.9 Å². The maximum atomic E-state index is 13.8. The first-order chi connectivity index (χ1) is 23.7. The van der Waals surface area contributed by atoms with E-state index in [1.54, 1.807) is 13.0 Å². The minimum atomic E-state index is -1.01. The highest BCUT2D eigenvalue weighted by Crippen LogP contribution is 2.42. The zero-order valence-electron chi connectivity index (χ0n) is 28.4. The van der Waals surface area contributed by atoms with E-state index in [1.165, 1.54) is 29.3 Å². The van der Waals surface area contributed by atoms with Crippen LogP contribution in [-0.2, 0) is 24.5 Å². The topological polar surface area (TPSA) is 137 Å². The zero-order valence-corrected chi connectivity index (χ0v) is 28.4. The summed E-state index contributed by atoms with van der Waals surface area (Å²) in [7, 11) is 0. The summed E-state index contributed by atoms with van der Waals surface area (Å²) < 4.78 is 11.5. The number of piperidine rings is 1. The molecular weight excluding hydrogens is 620 g/mol. The third kappa shape index (κ3) is 8.20. The third-order valence-corrected chi connectivity index (χ3v) is 9.68. The minimum absolute atomic E-state index is 0.0303. The Balaban J connectivity index is 1.30. The summed E-state index contributed by atoms with van der Waals surface area (Å²) >= 11 is 0. The van der Waals surface area contributed by atoms with Crippen LogP contribution in [0.1, 0.15) is 75.0 Å². The number of allylic oxidation sites excluding steroid dienone is 1. The molecule has 49 heavy (non-hydrogen) atoms. The number of nitrogens with two attached hydrogens (primary N) is 1. The van der Waals surface area contributed by atoms with Gasteiger partial charge in [-0.25, -0.2) is 9.59 Å². The van der Waals surface area contributed by atoms with Crippen molar-refractivity contribution in [3.05, 3.63) is 134 Å². The van der Waals surface area contributed by atoms with Crippen LogP contribution in [0.25, 0.3) is 0 Å². The summed E-state index contributed by atoms with van der Waals surface area (Å²) in [5.74, 6) is -2.27. The molecule has 0 saturated carbocycles. The lowest BCUT2D eigenvalue weighted by atomic mass is 9.68. The Morgan fingerprint density at radius 1 is 0.878 bits per heavy atom. The van der Waals surface area contributed by atoms with Crippen molar-refractivity contribution in [2.45, 2.75) is 63.7 Å². The first kappa shape index (κ1) is 35.3. The van der Waals surface area contributed by atoms with E-state index in [9.17, 15) is 19.7 Å². The molecule has 2 heterocycles. The molecule has 0 spiro atoms. The Morgan fingerprint density at radius 3 is 2.10 bits per heavy atom. The number of ether oxygens (including phenoxy) is 2. The Labute approximate surface area is 288 Å². The van der Waals surface area contributed by atoms with E-state index in [1.807, 2.05) is 12.1 Å². The number of carbonyl (C=O) groups excluding carboxylic acids is 2. The molecule has 1 fully saturated rings. The van der Waals surface area contributed by atoms with Crippen molar-refractivity contribution in [3.8, 4) is 0 Å². The molecule has 10 nitrogen and oxygen atoms in total. The van der Waals surface area contributed by atoms with E-state index in [-0.39, 0.29) is 41.3 Å². The highest BCUT2D eigenvalue weighted by atomic mass is 16.6. The van der Waals surface area contributed by atoms with Crippen LogP contribution >= 0.6 is 0 Å². The number of benzene rings is 3. The average Bonchev–Trinajstić information content (AvgIpc) is 3.12. The molecule has 3 aromatic rings. The number of unbranched alkanes of at least 4 members (excludes halogenated alkanes) is 3. The number of likely N-dealkylation sites (tertiary alicyclic amines) is 1. The minimum Gasteiger partial charge on any atom is -0.462 e. The van der Waals surface area contributed by atoms with Gasteiger partial charge in [0.25, 0.3) is 5.69 Å². The van der Waals surface area contributed by atoms with Crippen LogP contribution in [-0.4, -0.2) is 54.6 Å². The lowest BCUT2D eigenvalue weighted by molar-refractivity contribution is -0.384. The number of non-ortho nitro benzene ring substituents is 1. The summed E-state index contributed by atoms with van der Waals surface area (Å²) in [6, 6.07) is 27.1. The van der Waals surface area contributed by atoms with E-state index in [0.717, 1.165) is 45.2 Å². The van der Waals surface area contributed by atoms with Gasteiger partial charge in [-0.1, -0.05) is 99.0 Å². The van der Waals surface area contributed by atoms with Crippen molar-refractivity contribution >= 4 is 17.6 Å². The standard InChI is InChI=1S/C39H46N4O6/c1-3-4-5-12-25-48-38(45)35-34(29-14-13-19-32(27-29)43(46)47)33(28(2)41-36(35)40)37(44)49-26-24-42-22-20-39(21-23-42,30-15-8-6-9-16-30)31-17-10-7-11-18-31/h6-11,13-19,27,34,41H,3-5,12,20-26,40H2,1-2H3. The first-order valence-corrected chi connectivity index (χ1v) is 17.1. The Kier molecular flexibility index (Phi) is 11.9. The molecule has 1 atom stereocenters. The molecule has 0 amide bonds. The summed E-state index contributed by atoms with van der Waals surface area (Å²) in [5.41, 5.74) is 9.67. The van der Waals surface area contributed by atoms with Gasteiger partial charge in [-0.15, -0.1) is 0 Å². The van der Waals surface area contributed by atoms with Crippen molar-refractivity contribution in [1.29, 1.82) is 0 Å². The first-order valence-electron chi connectivity index (χ1n) is 17.1. The summed E-state index contributed by atoms with van der Waals surface area (Å²) in [5, 5.41) is 14.6. The molecule has 5 rings (SSSR count). The van der Waals surface area contributed by atoms with Gasteiger partial charge in [0.15, 0.2) is 0 Å². The number of nitro groups is 1. The predicted molar refractivity (Wildman–Crippen MR) is 188 cm³/mol. The second-order valence-electron chi connectivity index (χ2n) is 12.8. The molecule has 3 N–H and O–H groups in total. The van der Waals surface area contributed by atoms with Gasteiger partial charge in [-0.3, -0.25) is 15.0 Å². The molecule has 2 aliphatic rings. The average molecular weight is 667 g/mol. The van der Waals surface area contributed by atoms with Crippen molar-refractivity contribution in [1.82, 2.24) is 10.2 Å². The highest BCUT2D eigenvalue weighted by Gasteiger charge is 2.40. The van der Waals surface area contributed by atoms with Crippen LogP contribution in [0.5, 0.6) is 0 Å². The van der Waals surface area contributed by atoms with E-state index >= 15 is 0 Å². The number of hydrogen-bond donors (Lipinski definition) is 2. The quantitative estimate of drug-likeness (QED) is 0.0858. The fourth-order valence-electron chi connectivity index (χ4n) is 7.04. The third-order valence-electron chi connectivity index (χ3n) is 9.68. The molecule has 0 aliphatic carbocycles. The van der Waals surface area contributed by atoms with Crippen LogP contribution < -0.4 is 11.1 Å². The summed E-state index contributed by atoms with van der Waals surface area (Å²) in [6.45, 7) is 6.31. The van der Waals surface area contributed by atoms with Gasteiger partial charge in [0.2, 0.25) is 0 Å². The van der Waals surface area contributed by atoms with Gasteiger partial charge in [0, 0.05) is 29.8 Å². The monoisotopic (exact) mass is 666 g/mol. The molecule has 10 heteroatoms. The fraction of sp³-hybridized carbons (Fsp3) is 0.385. The molecule has 3 aromatic carbocycles. The lowest BCUT2D eigenvalue weighted by Gasteiger charge is -2.43. The number of esters is 2. The number of carbonyl (C=O) groups is 2. The van der Waals surface area contributed by atoms with Crippen LogP contribution in [0.4, 0.5) is 5.69 Å². The van der Waals surface area contributed by atoms with Crippen LogP contribution in [0, 0.1) is 10.1 Å². The van der Waals surface area contributed by atoms with E-state index in [0.29, 0.717) is 24.2 Å². The van der Waals surface area contributed by atoms with Gasteiger partial charge in [-0.2, -0.15) is 0 Å². The van der Waals surface area contributed by atoms with E-state index in [2.05, 4.69) is 65.7 Å². The largest absolute Gasteiger partial charge is 0.462 e. The Bertz CT molecular complexity index is 1640. The number of nitrogens with one attached hydrogen (secondary N) is 1. The van der Waals surface area contributed by atoms with Gasteiger partial charge in [0.1, 0.15) is 12.4 Å². The maximum absolute atomic E-state index is 13.8. The number of nitrogens with zero attached hydrogens (tertiary/aromatic N) is 2. The maximum Gasteiger partial charge on any atom is 0.338 e. The van der Waals surface area contributed by atoms with Crippen molar-refractivity contribution in [2.24, 2.45) is 5.73 Å². The van der Waals surface area contributed by atoms with Crippen molar-refractivity contribution in [3.63, 3.8) is 0 Å². The highest BCUT2D eigenvalue weighted by molar-refractivity contribution is 5.99. The normalized spacial score (nSPS) is 17.7. The van der Waals surface area contributed by atoms with Crippen LogP contribution in [0.3, 0.4) is 0 Å². The predicted octanol–water partition coefficient (Wildman–Crippen LogP) is 6.47. The molecule has 0 aromatic heterocycles. The summed E-state index contributed by atoms with van der Waals surface area (Å²) in [6.07, 6.45) is 5.52. The molecule has 2 aliphatic heterocycles. The van der Waals surface area contributed by atoms with Crippen LogP contribution in [0.15, 0.2) is 108 Å². The lowest BCUT2D eigenvalue weighted by Crippen LogP contribution is -2.44. The second kappa shape index (κ2) is 16.4. The summed E-state index contributed by atoms with van der Waals surface area (Å²) in [4.78, 5) is 40.8. The van der Waals surface area contributed by atoms with Gasteiger partial charge in [-0.05, 0) is 56.0 Å². The second-order valence-corrected chi connectivity index (χ2v) is 12.8. The number of hydrogen-bond acceptors (Lipinski definition) is 9. The molecule has 1 unspecified atom stereocenters. The Morgan fingerprint density at radius 2 is 1.49 bits per heavy atom. The SMILES string of the molecule is CCCCCCOC(=O)C1=C(N)NC(C)=C(C(=O)OCCN2CCC(c3ccccc3)(c3ccccc3)CC2)C1c1cccc([N+](=O)[O-])c1. The molecule has 258 valence electrons. The van der Waals surface area contributed by atoms with Gasteiger partial charge in [0.05, 0.1) is 28.6 Å². The molecule has 1 saturated heterocycles. The van der Waals surface area contributed by atoms with E-state index in [4.69, 9.17) is 15.2 Å². The Hall–Kier alpha value is -4.96. The fourth-order valence-corrected chi connectivity index (χ4v) is 7.04. The zero-order chi connectivity index (χ0) is 34.8. The van der Waals surface area contributed by atoms with E-state index < -0.39 is 22.8 Å². The van der Waals surface area contributed by atoms with Crippen molar-refractivity contribution in [2.75, 3.05) is 32.8 Å². The molecule has 0 bridgehead atoms. The van der Waals surface area contributed by atoms with Gasteiger partial charge < -0.3 is 20.5 Å². The van der Waals surface area contributed by atoms with Crippen LogP contribution in [0.2, 0.25) is 0 Å².